The minimum absolute atomic E-state index is 0.249. The van der Waals surface area contributed by atoms with Gasteiger partial charge in [-0.1, -0.05) is 4.68 Å². The van der Waals surface area contributed by atoms with E-state index in [-0.39, 0.29) is 6.23 Å². The molecule has 0 aliphatic carbocycles. The first-order chi connectivity index (χ1) is 5.47. The minimum atomic E-state index is 0.249. The standard InChI is InChI=1S/C8H12N2O/c1-2-7-11-8(4-1)10-6-3-5-9-10/h3,5-6,8H,1-2,4,7H2/p+1. The summed E-state index contributed by atoms with van der Waals surface area (Å²) in [5.74, 6) is 0. The normalized spacial score (nSPS) is 25.3. The molecule has 1 N–H and O–H groups in total. The molecule has 0 aromatic carbocycles. The predicted molar refractivity (Wildman–Crippen MR) is 39.8 cm³/mol. The number of ether oxygens (including phenoxy) is 1. The van der Waals surface area contributed by atoms with Crippen LogP contribution in [0.2, 0.25) is 0 Å². The average Bonchev–Trinajstić information content (AvgIpc) is 2.58. The van der Waals surface area contributed by atoms with E-state index in [4.69, 9.17) is 4.74 Å². The van der Waals surface area contributed by atoms with Gasteiger partial charge >= 0.3 is 0 Å². The maximum atomic E-state index is 5.55. The topological polar surface area (TPSA) is 28.9 Å². The van der Waals surface area contributed by atoms with Crippen LogP contribution in [0.15, 0.2) is 18.5 Å². The number of nitrogens with zero attached hydrogens (tertiary/aromatic N) is 1. The Morgan fingerprint density at radius 2 is 2.45 bits per heavy atom. The summed E-state index contributed by atoms with van der Waals surface area (Å²) in [6.07, 6.45) is 7.78. The van der Waals surface area contributed by atoms with Gasteiger partial charge in [0.25, 0.3) is 6.23 Å². The lowest BCUT2D eigenvalue weighted by molar-refractivity contribution is -0.811. The van der Waals surface area contributed by atoms with Gasteiger partial charge in [-0.2, -0.15) is 5.10 Å². The van der Waals surface area contributed by atoms with Crippen molar-refractivity contribution >= 4 is 0 Å². The van der Waals surface area contributed by atoms with Gasteiger partial charge in [0.2, 0.25) is 0 Å². The number of hydrogen-bond acceptors (Lipinski definition) is 1. The first kappa shape index (κ1) is 6.85. The smallest absolute Gasteiger partial charge is 0.285 e. The quantitative estimate of drug-likeness (QED) is 0.599. The summed E-state index contributed by atoms with van der Waals surface area (Å²) in [5, 5.41) is 3.10. The molecule has 1 atom stereocenters. The molecule has 11 heavy (non-hydrogen) atoms. The van der Waals surface area contributed by atoms with Crippen LogP contribution in [0.5, 0.6) is 0 Å². The van der Waals surface area contributed by atoms with Crippen molar-refractivity contribution in [2.75, 3.05) is 6.61 Å². The van der Waals surface area contributed by atoms with Crippen molar-refractivity contribution in [1.29, 1.82) is 0 Å². The number of hydrogen-bond donors (Lipinski definition) is 1. The first-order valence-electron chi connectivity index (χ1n) is 4.13. The molecule has 3 nitrogen and oxygen atoms in total. The summed E-state index contributed by atoms with van der Waals surface area (Å²) in [6, 6.07) is 1.98. The Morgan fingerprint density at radius 1 is 1.45 bits per heavy atom. The third-order valence-corrected chi connectivity index (χ3v) is 2.03. The third kappa shape index (κ3) is 1.43. The van der Waals surface area contributed by atoms with Crippen LogP contribution in [-0.2, 0) is 4.74 Å². The van der Waals surface area contributed by atoms with Crippen LogP contribution < -0.4 is 4.68 Å². The van der Waals surface area contributed by atoms with Gasteiger partial charge in [-0.15, -0.1) is 0 Å². The van der Waals surface area contributed by atoms with E-state index in [0.29, 0.717) is 0 Å². The highest BCUT2D eigenvalue weighted by molar-refractivity contribution is 4.67. The third-order valence-electron chi connectivity index (χ3n) is 2.03. The monoisotopic (exact) mass is 153 g/mol. The number of H-pyrrole nitrogens is 1. The van der Waals surface area contributed by atoms with Crippen molar-refractivity contribution in [2.45, 2.75) is 25.5 Å². The van der Waals surface area contributed by atoms with E-state index >= 15 is 0 Å². The lowest BCUT2D eigenvalue weighted by Gasteiger charge is -2.15. The highest BCUT2D eigenvalue weighted by Crippen LogP contribution is 2.15. The molecule has 1 aliphatic heterocycles. The van der Waals surface area contributed by atoms with E-state index in [9.17, 15) is 0 Å². The molecule has 1 aliphatic rings. The van der Waals surface area contributed by atoms with Crippen LogP contribution in [0.3, 0.4) is 0 Å². The molecule has 0 radical (unpaired) electrons. The van der Waals surface area contributed by atoms with E-state index in [2.05, 4.69) is 5.10 Å². The molecule has 1 saturated heterocycles. The zero-order valence-corrected chi connectivity index (χ0v) is 6.49. The molecule has 0 amide bonds. The molecule has 1 aromatic rings. The molecule has 1 fully saturated rings. The zero-order valence-electron chi connectivity index (χ0n) is 6.49. The number of rotatable bonds is 1. The molecule has 1 unspecified atom stereocenters. The maximum Gasteiger partial charge on any atom is 0.285 e. The van der Waals surface area contributed by atoms with Crippen LogP contribution in [0.4, 0.5) is 0 Å². The van der Waals surface area contributed by atoms with Crippen molar-refractivity contribution in [3.8, 4) is 0 Å². The Kier molecular flexibility index (Phi) is 1.90. The second-order valence-electron chi connectivity index (χ2n) is 2.87. The Bertz CT molecular complexity index is 202. The Hall–Kier alpha value is -0.830. The van der Waals surface area contributed by atoms with Crippen molar-refractivity contribution in [3.63, 3.8) is 0 Å². The van der Waals surface area contributed by atoms with Gasteiger partial charge in [0.05, 0.1) is 12.8 Å². The summed E-state index contributed by atoms with van der Waals surface area (Å²) in [7, 11) is 0. The van der Waals surface area contributed by atoms with Gasteiger partial charge in [-0.05, 0) is 12.8 Å². The van der Waals surface area contributed by atoms with Gasteiger partial charge in [0, 0.05) is 12.5 Å². The lowest BCUT2D eigenvalue weighted by atomic mass is 10.2. The molecule has 3 heteroatoms. The lowest BCUT2D eigenvalue weighted by Crippen LogP contribution is -2.43. The van der Waals surface area contributed by atoms with E-state index in [1.165, 1.54) is 12.8 Å². The molecule has 0 saturated carbocycles. The minimum Gasteiger partial charge on any atom is -0.319 e. The van der Waals surface area contributed by atoms with Crippen LogP contribution in [0.25, 0.3) is 0 Å². The van der Waals surface area contributed by atoms with Crippen LogP contribution in [0.1, 0.15) is 25.5 Å². The zero-order chi connectivity index (χ0) is 7.52. The van der Waals surface area contributed by atoms with Crippen molar-refractivity contribution < 1.29 is 9.42 Å². The second kappa shape index (κ2) is 3.05. The molecular formula is C8H13N2O+. The maximum absolute atomic E-state index is 5.55. The summed E-state index contributed by atoms with van der Waals surface area (Å²) in [6.45, 7) is 0.899. The molecule has 0 spiro atoms. The molecule has 2 rings (SSSR count). The van der Waals surface area contributed by atoms with Crippen molar-refractivity contribution in [3.05, 3.63) is 18.5 Å². The Labute approximate surface area is 66.0 Å². The fraction of sp³-hybridized carbons (Fsp3) is 0.625. The first-order valence-corrected chi connectivity index (χ1v) is 4.13. The highest BCUT2D eigenvalue weighted by atomic mass is 16.5. The van der Waals surface area contributed by atoms with Crippen LogP contribution in [0, 0.1) is 0 Å². The van der Waals surface area contributed by atoms with E-state index in [0.717, 1.165) is 13.0 Å². The predicted octanol–water partition coefficient (Wildman–Crippen LogP) is 1.00. The van der Waals surface area contributed by atoms with Crippen LogP contribution >= 0.6 is 0 Å². The SMILES string of the molecule is c1c[nH][n+](C2CCCCO2)c1. The van der Waals surface area contributed by atoms with Gasteiger partial charge in [-0.25, -0.2) is 0 Å². The van der Waals surface area contributed by atoms with Gasteiger partial charge in [0.15, 0.2) is 6.20 Å². The molecule has 2 heterocycles. The van der Waals surface area contributed by atoms with Crippen LogP contribution in [-0.4, -0.2) is 11.7 Å². The fourth-order valence-corrected chi connectivity index (χ4v) is 1.43. The van der Waals surface area contributed by atoms with Gasteiger partial charge < -0.3 is 4.74 Å². The molecule has 0 bridgehead atoms. The van der Waals surface area contributed by atoms with E-state index in [1.54, 1.807) is 0 Å². The summed E-state index contributed by atoms with van der Waals surface area (Å²) < 4.78 is 7.57. The summed E-state index contributed by atoms with van der Waals surface area (Å²) >= 11 is 0. The average molecular weight is 153 g/mol. The fourth-order valence-electron chi connectivity index (χ4n) is 1.43. The summed E-state index contributed by atoms with van der Waals surface area (Å²) in [4.78, 5) is 0. The Morgan fingerprint density at radius 3 is 3.09 bits per heavy atom. The van der Waals surface area contributed by atoms with Crippen molar-refractivity contribution in [1.82, 2.24) is 5.10 Å². The largest absolute Gasteiger partial charge is 0.319 e. The summed E-state index contributed by atoms with van der Waals surface area (Å²) in [5.41, 5.74) is 0. The second-order valence-corrected chi connectivity index (χ2v) is 2.87. The number of aromatic amines is 1. The Balaban J connectivity index is 2.04. The molecule has 1 aromatic heterocycles. The number of nitrogens with one attached hydrogen (secondary N) is 1. The van der Waals surface area contributed by atoms with Crippen molar-refractivity contribution in [2.24, 2.45) is 0 Å². The highest BCUT2D eigenvalue weighted by Gasteiger charge is 2.22. The molecule has 60 valence electrons. The number of aromatic nitrogens is 2. The van der Waals surface area contributed by atoms with Gasteiger partial charge in [-0.3, -0.25) is 0 Å². The molecular weight excluding hydrogens is 140 g/mol. The van der Waals surface area contributed by atoms with E-state index in [1.807, 2.05) is 23.1 Å². The van der Waals surface area contributed by atoms with Gasteiger partial charge in [0.1, 0.15) is 0 Å². The van der Waals surface area contributed by atoms with E-state index < -0.39 is 0 Å².